The highest BCUT2D eigenvalue weighted by Crippen LogP contribution is 2.63. The molecule has 0 radical (unpaired) electrons. The maximum Gasteiger partial charge on any atom is 0.303 e. The third-order valence-electron chi connectivity index (χ3n) is 7.58. The first kappa shape index (κ1) is 21.2. The fraction of sp³-hybridized carbons (Fsp3) is 0.909. The fourth-order valence-corrected chi connectivity index (χ4v) is 6.53. The van der Waals surface area contributed by atoms with E-state index in [4.69, 9.17) is 4.74 Å². The summed E-state index contributed by atoms with van der Waals surface area (Å²) in [6, 6.07) is 0. The number of carbonyl (C=O) groups is 2. The smallest absolute Gasteiger partial charge is 0.303 e. The average Bonchev–Trinajstić information content (AvgIpc) is 2.43. The molecule has 0 heterocycles. The zero-order valence-electron chi connectivity index (χ0n) is 17.5. The average molecular weight is 366 g/mol. The van der Waals surface area contributed by atoms with Gasteiger partial charge in [-0.05, 0) is 74.5 Å². The third-order valence-corrected chi connectivity index (χ3v) is 7.58. The number of ether oxygens (including phenoxy) is 1. The summed E-state index contributed by atoms with van der Waals surface area (Å²) in [4.78, 5) is 22.8. The van der Waals surface area contributed by atoms with Gasteiger partial charge in [0.2, 0.25) is 0 Å². The topological polar surface area (TPSA) is 66.4 Å². The lowest BCUT2D eigenvalue weighted by Gasteiger charge is -2.62. The minimum atomic E-state index is -0.980. The number of carbonyl (C=O) groups excluding carboxylic acids is 2. The maximum absolute atomic E-state index is 11.8. The first-order chi connectivity index (χ1) is 11.9. The van der Waals surface area contributed by atoms with E-state index in [9.17, 15) is 14.7 Å². The highest BCUT2D eigenvalue weighted by molar-refractivity contribution is 5.66. The molecular formula is C22H37O4-. The van der Waals surface area contributed by atoms with Crippen LogP contribution in [0, 0.1) is 28.6 Å². The number of esters is 1. The van der Waals surface area contributed by atoms with E-state index in [0.29, 0.717) is 11.3 Å². The van der Waals surface area contributed by atoms with Crippen LogP contribution in [0.5, 0.6) is 0 Å². The van der Waals surface area contributed by atoms with Gasteiger partial charge >= 0.3 is 5.97 Å². The molecule has 4 nitrogen and oxygen atoms in total. The van der Waals surface area contributed by atoms with Crippen LogP contribution in [0.2, 0.25) is 0 Å². The van der Waals surface area contributed by atoms with Gasteiger partial charge < -0.3 is 14.6 Å². The van der Waals surface area contributed by atoms with E-state index in [-0.39, 0.29) is 29.6 Å². The summed E-state index contributed by atoms with van der Waals surface area (Å²) in [5.41, 5.74) is -0.0174. The number of carboxylic acid groups (broad SMARTS) is 1. The maximum atomic E-state index is 11.8. The second-order valence-corrected chi connectivity index (χ2v) is 10.2. The van der Waals surface area contributed by atoms with Crippen molar-refractivity contribution in [3.05, 3.63) is 0 Å². The molecular weight excluding hydrogens is 328 g/mol. The van der Waals surface area contributed by atoms with Crippen molar-refractivity contribution in [1.29, 1.82) is 0 Å². The summed E-state index contributed by atoms with van der Waals surface area (Å²) < 4.78 is 5.92. The van der Waals surface area contributed by atoms with Gasteiger partial charge in [0, 0.05) is 18.8 Å². The molecule has 2 aliphatic rings. The number of aliphatic carboxylic acids is 1. The van der Waals surface area contributed by atoms with Gasteiger partial charge in [0.15, 0.2) is 0 Å². The minimum Gasteiger partial charge on any atom is -0.550 e. The monoisotopic (exact) mass is 365 g/mol. The molecule has 150 valence electrons. The molecule has 0 amide bonds. The van der Waals surface area contributed by atoms with Crippen LogP contribution in [-0.2, 0) is 14.3 Å². The molecule has 2 aliphatic carbocycles. The Labute approximate surface area is 159 Å². The fourth-order valence-electron chi connectivity index (χ4n) is 6.53. The van der Waals surface area contributed by atoms with Crippen LogP contribution in [-0.4, -0.2) is 17.5 Å². The van der Waals surface area contributed by atoms with Crippen molar-refractivity contribution >= 4 is 11.9 Å². The van der Waals surface area contributed by atoms with Crippen molar-refractivity contribution in [3.8, 4) is 0 Å². The summed E-state index contributed by atoms with van der Waals surface area (Å²) in [6.07, 6.45) is 7.46. The molecule has 0 aromatic carbocycles. The van der Waals surface area contributed by atoms with Crippen molar-refractivity contribution in [1.82, 2.24) is 0 Å². The lowest BCUT2D eigenvalue weighted by molar-refractivity contribution is -0.306. The number of carboxylic acids is 1. The van der Waals surface area contributed by atoms with E-state index in [1.807, 2.05) is 6.92 Å². The van der Waals surface area contributed by atoms with Gasteiger partial charge in [0.05, 0.1) is 0 Å². The van der Waals surface area contributed by atoms with E-state index in [2.05, 4.69) is 27.7 Å². The summed E-state index contributed by atoms with van der Waals surface area (Å²) in [5.74, 6) is -0.221. The second kappa shape index (κ2) is 7.52. The zero-order valence-corrected chi connectivity index (χ0v) is 17.5. The van der Waals surface area contributed by atoms with Gasteiger partial charge in [-0.2, -0.15) is 0 Å². The quantitative estimate of drug-likeness (QED) is 0.665. The lowest BCUT2D eigenvalue weighted by Crippen LogP contribution is -2.58. The molecule has 2 fully saturated rings. The molecule has 26 heavy (non-hydrogen) atoms. The first-order valence-corrected chi connectivity index (χ1v) is 10.3. The third kappa shape index (κ3) is 4.26. The molecule has 0 aliphatic heterocycles. The SMILES string of the molecule is CC(=O)O[C@]1(C)CC[C@H]2C(C)(C)CCC[C@]2(C)[C@H]1CC[C@H](C)CC(=O)[O-]. The van der Waals surface area contributed by atoms with Crippen LogP contribution in [0.1, 0.15) is 92.9 Å². The number of hydrogen-bond acceptors (Lipinski definition) is 4. The van der Waals surface area contributed by atoms with Gasteiger partial charge in [-0.25, -0.2) is 0 Å². The van der Waals surface area contributed by atoms with Crippen molar-refractivity contribution in [2.45, 2.75) is 98.5 Å². The van der Waals surface area contributed by atoms with Gasteiger partial charge in [-0.3, -0.25) is 4.79 Å². The molecule has 0 unspecified atom stereocenters. The number of rotatable bonds is 6. The normalized spacial score (nSPS) is 37.5. The molecule has 0 aromatic heterocycles. The highest BCUT2D eigenvalue weighted by Gasteiger charge is 2.59. The van der Waals surface area contributed by atoms with Crippen molar-refractivity contribution in [3.63, 3.8) is 0 Å². The van der Waals surface area contributed by atoms with E-state index in [0.717, 1.165) is 32.1 Å². The Morgan fingerprint density at radius 2 is 1.81 bits per heavy atom. The van der Waals surface area contributed by atoms with Crippen LogP contribution >= 0.6 is 0 Å². The Morgan fingerprint density at radius 3 is 2.38 bits per heavy atom. The molecule has 0 bridgehead atoms. The van der Waals surface area contributed by atoms with Gasteiger partial charge in [0.1, 0.15) is 5.60 Å². The van der Waals surface area contributed by atoms with E-state index >= 15 is 0 Å². The van der Waals surface area contributed by atoms with Crippen molar-refractivity contribution < 1.29 is 19.4 Å². The predicted octanol–water partition coefficient (Wildman–Crippen LogP) is 4.11. The summed E-state index contributed by atoms with van der Waals surface area (Å²) in [6.45, 7) is 12.8. The molecule has 2 rings (SSSR count). The molecule has 0 saturated heterocycles. The Balaban J connectivity index is 2.29. The summed E-state index contributed by atoms with van der Waals surface area (Å²) in [7, 11) is 0. The lowest BCUT2D eigenvalue weighted by atomic mass is 9.45. The van der Waals surface area contributed by atoms with Crippen LogP contribution in [0.3, 0.4) is 0 Å². The zero-order chi connectivity index (χ0) is 19.8. The van der Waals surface area contributed by atoms with Crippen LogP contribution in [0.4, 0.5) is 0 Å². The molecule has 2 saturated carbocycles. The molecule has 5 atom stereocenters. The van der Waals surface area contributed by atoms with Gasteiger partial charge in [0.25, 0.3) is 0 Å². The Kier molecular flexibility index (Phi) is 6.14. The largest absolute Gasteiger partial charge is 0.550 e. The molecule has 0 N–H and O–H groups in total. The number of fused-ring (bicyclic) bond motifs is 1. The van der Waals surface area contributed by atoms with Crippen molar-refractivity contribution in [2.75, 3.05) is 0 Å². The standard InChI is InChI=1S/C22H38O4/c1-15(14-19(24)25)8-9-18-21(5)12-7-11-20(3,4)17(21)10-13-22(18,6)26-16(2)23/h15,17-18H,7-14H2,1-6H3,(H,24,25)/p-1/t15-,17-,18+,21-,22+/m0/s1. The summed E-state index contributed by atoms with van der Waals surface area (Å²) in [5, 5.41) is 10.9. The van der Waals surface area contributed by atoms with Crippen LogP contribution < -0.4 is 5.11 Å². The van der Waals surface area contributed by atoms with Gasteiger partial charge in [-0.15, -0.1) is 0 Å². The molecule has 0 spiro atoms. The van der Waals surface area contributed by atoms with E-state index in [1.54, 1.807) is 0 Å². The molecule has 4 heteroatoms. The Hall–Kier alpha value is -1.06. The summed E-state index contributed by atoms with van der Waals surface area (Å²) >= 11 is 0. The van der Waals surface area contributed by atoms with E-state index < -0.39 is 11.6 Å². The second-order valence-electron chi connectivity index (χ2n) is 10.2. The van der Waals surface area contributed by atoms with E-state index in [1.165, 1.54) is 19.8 Å². The van der Waals surface area contributed by atoms with Gasteiger partial charge in [-0.1, -0.05) is 34.1 Å². The van der Waals surface area contributed by atoms with Crippen LogP contribution in [0.15, 0.2) is 0 Å². The minimum absolute atomic E-state index is 0.0853. The predicted molar refractivity (Wildman–Crippen MR) is 100 cm³/mol. The number of hydrogen-bond donors (Lipinski definition) is 0. The first-order valence-electron chi connectivity index (χ1n) is 10.3. The Morgan fingerprint density at radius 1 is 1.15 bits per heavy atom. The van der Waals surface area contributed by atoms with Crippen molar-refractivity contribution in [2.24, 2.45) is 28.6 Å². The van der Waals surface area contributed by atoms with Crippen LogP contribution in [0.25, 0.3) is 0 Å². The highest BCUT2D eigenvalue weighted by atomic mass is 16.6. The molecule has 0 aromatic rings. The Bertz CT molecular complexity index is 540.